The predicted octanol–water partition coefficient (Wildman–Crippen LogP) is -0.606. The van der Waals surface area contributed by atoms with Crippen molar-refractivity contribution in [2.24, 2.45) is 0 Å². The molecule has 0 N–H and O–H groups in total. The van der Waals surface area contributed by atoms with E-state index in [1.54, 1.807) is 0 Å². The van der Waals surface area contributed by atoms with E-state index in [0.29, 0.717) is 0 Å². The molecule has 2 nitrogen and oxygen atoms in total. The quantitative estimate of drug-likeness (QED) is 0.499. The summed E-state index contributed by atoms with van der Waals surface area (Å²) in [7, 11) is 0.0378. The average molecular weight is 148 g/mol. The minimum atomic E-state index is -0.922. The Morgan fingerprint density at radius 1 is 1.67 bits per heavy atom. The summed E-state index contributed by atoms with van der Waals surface area (Å²) in [6.07, 6.45) is 3.02. The lowest BCUT2D eigenvalue weighted by atomic mass is 10.6. The molecule has 0 fully saturated rings. The Balaban J connectivity index is 3.26. The van der Waals surface area contributed by atoms with E-state index in [-0.39, 0.29) is 16.6 Å². The van der Waals surface area contributed by atoms with Gasteiger partial charge in [-0.3, -0.25) is 0 Å². The number of carbonyl (C=O) groups is 1. The van der Waals surface area contributed by atoms with Gasteiger partial charge in [0.1, 0.15) is 11.5 Å². The first-order chi connectivity index (χ1) is 4.16. The molecule has 0 saturated heterocycles. The van der Waals surface area contributed by atoms with E-state index in [9.17, 15) is 9.90 Å². The molecular formula is C6H12O2S. The second-order valence-electron chi connectivity index (χ2n) is 2.00. The van der Waals surface area contributed by atoms with Gasteiger partial charge < -0.3 is 9.90 Å². The lowest BCUT2D eigenvalue weighted by molar-refractivity contribution is -0.301. The van der Waals surface area contributed by atoms with Gasteiger partial charge >= 0.3 is 0 Å². The van der Waals surface area contributed by atoms with Crippen molar-refractivity contribution in [1.29, 1.82) is 0 Å². The van der Waals surface area contributed by atoms with Crippen LogP contribution in [-0.4, -0.2) is 23.7 Å². The summed E-state index contributed by atoms with van der Waals surface area (Å²) in [5, 5.41) is 9.98. The maximum Gasteiger partial charge on any atom is 0.147 e. The van der Waals surface area contributed by atoms with Crippen molar-refractivity contribution in [3.05, 3.63) is 0 Å². The fourth-order valence-electron chi connectivity index (χ4n) is 0.622. The summed E-state index contributed by atoms with van der Waals surface area (Å²) in [5.41, 5.74) is 0. The molecule has 0 bridgehead atoms. The van der Waals surface area contributed by atoms with Crippen LogP contribution in [0.1, 0.15) is 13.3 Å². The molecule has 0 aromatic rings. The van der Waals surface area contributed by atoms with Crippen LogP contribution in [0.4, 0.5) is 0 Å². The Labute approximate surface area is 58.6 Å². The smallest absolute Gasteiger partial charge is 0.147 e. The molecule has 0 heterocycles. The zero-order valence-corrected chi connectivity index (χ0v) is 6.66. The van der Waals surface area contributed by atoms with Gasteiger partial charge in [0.15, 0.2) is 0 Å². The maximum atomic E-state index is 9.98. The highest BCUT2D eigenvalue weighted by molar-refractivity contribution is 7.96. The van der Waals surface area contributed by atoms with Crippen LogP contribution in [0.5, 0.6) is 0 Å². The molecule has 3 heteroatoms. The van der Waals surface area contributed by atoms with Gasteiger partial charge in [-0.05, 0) is 17.3 Å². The van der Waals surface area contributed by atoms with Gasteiger partial charge in [-0.15, -0.1) is 0 Å². The van der Waals surface area contributed by atoms with Crippen molar-refractivity contribution in [3.8, 4) is 0 Å². The lowest BCUT2D eigenvalue weighted by Gasteiger charge is -2.00. The molecule has 0 radical (unpaired) electrons. The van der Waals surface area contributed by atoms with Gasteiger partial charge in [-0.1, -0.05) is 6.92 Å². The number of carboxylic acids is 1. The van der Waals surface area contributed by atoms with E-state index in [1.165, 1.54) is 0 Å². The summed E-state index contributed by atoms with van der Waals surface area (Å²) < 4.78 is 0. The fraction of sp³-hybridized carbons (Fsp3) is 0.833. The SMILES string of the molecule is CCC[S+](C)CC(=O)[O-]. The molecule has 1 unspecified atom stereocenters. The molecule has 0 aromatic carbocycles. The van der Waals surface area contributed by atoms with Crippen LogP contribution >= 0.6 is 0 Å². The van der Waals surface area contributed by atoms with Crippen LogP contribution < -0.4 is 5.11 Å². The van der Waals surface area contributed by atoms with E-state index in [4.69, 9.17) is 0 Å². The first-order valence-electron chi connectivity index (χ1n) is 2.95. The summed E-state index contributed by atoms with van der Waals surface area (Å²) >= 11 is 0. The third kappa shape index (κ3) is 5.69. The highest BCUT2D eigenvalue weighted by Gasteiger charge is 2.07. The molecule has 0 aliphatic heterocycles. The fourth-order valence-corrected chi connectivity index (χ4v) is 1.87. The monoisotopic (exact) mass is 148 g/mol. The van der Waals surface area contributed by atoms with Crippen molar-refractivity contribution < 1.29 is 9.90 Å². The Kier molecular flexibility index (Phi) is 4.58. The van der Waals surface area contributed by atoms with Crippen molar-refractivity contribution in [2.75, 3.05) is 17.8 Å². The first-order valence-corrected chi connectivity index (χ1v) is 4.93. The van der Waals surface area contributed by atoms with Crippen molar-refractivity contribution >= 4 is 16.9 Å². The molecule has 0 aliphatic carbocycles. The predicted molar refractivity (Wildman–Crippen MR) is 38.3 cm³/mol. The van der Waals surface area contributed by atoms with Crippen LogP contribution in [0.2, 0.25) is 0 Å². The van der Waals surface area contributed by atoms with E-state index >= 15 is 0 Å². The first kappa shape index (κ1) is 8.82. The third-order valence-electron chi connectivity index (χ3n) is 0.917. The zero-order valence-electron chi connectivity index (χ0n) is 5.85. The summed E-state index contributed by atoms with van der Waals surface area (Å²) in [4.78, 5) is 9.98. The average Bonchev–Trinajstić information content (AvgIpc) is 1.63. The van der Waals surface area contributed by atoms with Crippen LogP contribution in [0.3, 0.4) is 0 Å². The molecule has 0 aliphatic rings. The van der Waals surface area contributed by atoms with Crippen LogP contribution in [0.25, 0.3) is 0 Å². The normalized spacial score (nSPS) is 13.1. The molecule has 1 atom stereocenters. The minimum absolute atomic E-state index is 0.0378. The highest BCUT2D eigenvalue weighted by Crippen LogP contribution is 1.92. The minimum Gasteiger partial charge on any atom is -0.545 e. The standard InChI is InChI=1S/C6H12O2S/c1-3-4-9(2)5-6(7)8/h3-5H2,1-2H3. The molecular weight excluding hydrogens is 136 g/mol. The Morgan fingerprint density at radius 3 is 2.56 bits per heavy atom. The number of carboxylic acid groups (broad SMARTS) is 1. The number of carbonyl (C=O) groups excluding carboxylic acids is 1. The summed E-state index contributed by atoms with van der Waals surface area (Å²) in [6.45, 7) is 2.05. The summed E-state index contributed by atoms with van der Waals surface area (Å²) in [6, 6.07) is 0. The molecule has 54 valence electrons. The third-order valence-corrected chi connectivity index (χ3v) is 2.75. The van der Waals surface area contributed by atoms with Crippen molar-refractivity contribution in [1.82, 2.24) is 0 Å². The topological polar surface area (TPSA) is 40.1 Å². The van der Waals surface area contributed by atoms with Gasteiger partial charge in [0, 0.05) is 0 Å². The Bertz CT molecular complexity index is 93.1. The summed E-state index contributed by atoms with van der Waals surface area (Å²) in [5.74, 6) is 0.316. The number of hydrogen-bond acceptors (Lipinski definition) is 2. The lowest BCUT2D eigenvalue weighted by Crippen LogP contribution is -2.31. The van der Waals surface area contributed by atoms with Gasteiger partial charge in [-0.2, -0.15) is 0 Å². The number of aliphatic carboxylic acids is 1. The van der Waals surface area contributed by atoms with Crippen molar-refractivity contribution in [2.45, 2.75) is 13.3 Å². The highest BCUT2D eigenvalue weighted by atomic mass is 32.2. The van der Waals surface area contributed by atoms with Crippen LogP contribution in [0, 0.1) is 0 Å². The second kappa shape index (κ2) is 4.68. The Morgan fingerprint density at radius 2 is 2.22 bits per heavy atom. The largest absolute Gasteiger partial charge is 0.545 e. The maximum absolute atomic E-state index is 9.98. The number of hydrogen-bond donors (Lipinski definition) is 0. The van der Waals surface area contributed by atoms with Crippen LogP contribution in [-0.2, 0) is 15.7 Å². The van der Waals surface area contributed by atoms with Gasteiger partial charge in [0.05, 0.1) is 12.2 Å². The van der Waals surface area contributed by atoms with E-state index in [2.05, 4.69) is 6.92 Å². The van der Waals surface area contributed by atoms with E-state index in [0.717, 1.165) is 12.2 Å². The van der Waals surface area contributed by atoms with Gasteiger partial charge in [0.25, 0.3) is 0 Å². The molecule has 0 rings (SSSR count). The molecule has 0 aromatic heterocycles. The molecule has 9 heavy (non-hydrogen) atoms. The molecule has 0 saturated carbocycles. The zero-order chi connectivity index (χ0) is 7.28. The van der Waals surface area contributed by atoms with E-state index < -0.39 is 5.97 Å². The second-order valence-corrected chi connectivity index (χ2v) is 4.26. The van der Waals surface area contributed by atoms with Crippen LogP contribution in [0.15, 0.2) is 0 Å². The van der Waals surface area contributed by atoms with E-state index in [1.807, 2.05) is 6.26 Å². The van der Waals surface area contributed by atoms with Gasteiger partial charge in [-0.25, -0.2) is 0 Å². The van der Waals surface area contributed by atoms with Gasteiger partial charge in [0.2, 0.25) is 0 Å². The van der Waals surface area contributed by atoms with Crippen molar-refractivity contribution in [3.63, 3.8) is 0 Å². The molecule has 0 amide bonds. The Hall–Kier alpha value is -0.180. The molecule has 0 spiro atoms. The number of rotatable bonds is 4.